The van der Waals surface area contributed by atoms with Gasteiger partial charge in [-0.1, -0.05) is 19.3 Å². The molecule has 2 aromatic heterocycles. The molecule has 27 heavy (non-hydrogen) atoms. The topological polar surface area (TPSA) is 74.6 Å². The van der Waals surface area contributed by atoms with Gasteiger partial charge in [-0.25, -0.2) is 0 Å². The number of furan rings is 1. The van der Waals surface area contributed by atoms with Crippen molar-refractivity contribution in [2.45, 2.75) is 44.6 Å². The van der Waals surface area contributed by atoms with Gasteiger partial charge in [-0.2, -0.15) is 0 Å². The van der Waals surface area contributed by atoms with Gasteiger partial charge in [0.2, 0.25) is 0 Å². The molecule has 7 heteroatoms. The van der Waals surface area contributed by atoms with Crippen LogP contribution < -0.4 is 10.6 Å². The Hall–Kier alpha value is -2.12. The van der Waals surface area contributed by atoms with Gasteiger partial charge in [0.15, 0.2) is 5.76 Å². The highest BCUT2D eigenvalue weighted by molar-refractivity contribution is 7.18. The van der Waals surface area contributed by atoms with Crippen molar-refractivity contribution in [1.29, 1.82) is 0 Å². The summed E-state index contributed by atoms with van der Waals surface area (Å²) in [6, 6.07) is 7.42. The van der Waals surface area contributed by atoms with Crippen LogP contribution in [0.3, 0.4) is 0 Å². The van der Waals surface area contributed by atoms with E-state index in [4.69, 9.17) is 4.42 Å². The van der Waals surface area contributed by atoms with Crippen LogP contribution in [0.5, 0.6) is 0 Å². The average molecular weight is 390 g/mol. The van der Waals surface area contributed by atoms with Crippen molar-refractivity contribution < 1.29 is 14.0 Å². The summed E-state index contributed by atoms with van der Waals surface area (Å²) in [6.07, 6.45) is 9.02. The van der Waals surface area contributed by atoms with Gasteiger partial charge in [0, 0.05) is 12.6 Å². The van der Waals surface area contributed by atoms with E-state index >= 15 is 0 Å². The van der Waals surface area contributed by atoms with Crippen LogP contribution in [0.25, 0.3) is 0 Å². The molecule has 0 bridgehead atoms. The van der Waals surface area contributed by atoms with Gasteiger partial charge in [-0.15, -0.1) is 11.3 Å². The Balaban J connectivity index is 1.38. The fourth-order valence-corrected chi connectivity index (χ4v) is 4.25. The first-order valence-corrected chi connectivity index (χ1v) is 10.4. The molecule has 6 nitrogen and oxygen atoms in total. The monoisotopic (exact) mass is 389 g/mol. The molecule has 3 rings (SSSR count). The Labute approximate surface area is 163 Å². The van der Waals surface area contributed by atoms with E-state index in [1.54, 1.807) is 24.3 Å². The molecule has 0 saturated heterocycles. The van der Waals surface area contributed by atoms with Crippen molar-refractivity contribution in [3.05, 3.63) is 41.2 Å². The minimum atomic E-state index is -0.320. The molecule has 2 aromatic rings. The van der Waals surface area contributed by atoms with E-state index in [2.05, 4.69) is 22.6 Å². The average Bonchev–Trinajstić information content (AvgIpc) is 3.37. The van der Waals surface area contributed by atoms with Gasteiger partial charge in [-0.05, 0) is 57.1 Å². The fourth-order valence-electron chi connectivity index (χ4n) is 3.43. The third kappa shape index (κ3) is 5.68. The van der Waals surface area contributed by atoms with Gasteiger partial charge in [0.25, 0.3) is 11.8 Å². The molecule has 0 aliphatic heterocycles. The van der Waals surface area contributed by atoms with Gasteiger partial charge >= 0.3 is 0 Å². The number of thiophene rings is 1. The van der Waals surface area contributed by atoms with Crippen molar-refractivity contribution >= 4 is 28.2 Å². The zero-order valence-corrected chi connectivity index (χ0v) is 16.5. The summed E-state index contributed by atoms with van der Waals surface area (Å²) < 4.78 is 5.06. The minimum absolute atomic E-state index is 0.0983. The Morgan fingerprint density at radius 2 is 2.00 bits per heavy atom. The predicted octanol–water partition coefficient (Wildman–Crippen LogP) is 3.98. The van der Waals surface area contributed by atoms with Crippen molar-refractivity contribution in [1.82, 2.24) is 10.2 Å². The molecule has 146 valence electrons. The molecule has 2 heterocycles. The van der Waals surface area contributed by atoms with E-state index in [0.717, 1.165) is 13.0 Å². The van der Waals surface area contributed by atoms with Crippen LogP contribution in [0.4, 0.5) is 5.00 Å². The standard InChI is InChI=1S/C20H27N3O3S/c1-23(15-7-3-2-4-8-15)13-6-12-21-20(25)17-10-11-18(27-17)22-19(24)16-9-5-14-26-16/h5,9-11,14-15H,2-4,6-8,12-13H2,1H3,(H,21,25)(H,22,24). The van der Waals surface area contributed by atoms with E-state index in [9.17, 15) is 9.59 Å². The molecule has 1 fully saturated rings. The fraction of sp³-hybridized carbons (Fsp3) is 0.500. The lowest BCUT2D eigenvalue weighted by atomic mass is 9.94. The van der Waals surface area contributed by atoms with E-state index in [1.807, 2.05) is 0 Å². The highest BCUT2D eigenvalue weighted by atomic mass is 32.1. The van der Waals surface area contributed by atoms with Crippen LogP contribution in [0.2, 0.25) is 0 Å². The van der Waals surface area contributed by atoms with Gasteiger partial charge in [0.1, 0.15) is 0 Å². The second-order valence-corrected chi connectivity index (χ2v) is 8.06. The number of hydrogen-bond acceptors (Lipinski definition) is 5. The number of nitrogens with one attached hydrogen (secondary N) is 2. The number of carbonyl (C=O) groups excluding carboxylic acids is 2. The third-order valence-corrected chi connectivity index (χ3v) is 5.98. The maximum absolute atomic E-state index is 12.3. The molecule has 0 unspecified atom stereocenters. The van der Waals surface area contributed by atoms with E-state index in [0.29, 0.717) is 22.5 Å². The molecule has 1 aliphatic carbocycles. The summed E-state index contributed by atoms with van der Waals surface area (Å²) >= 11 is 1.26. The minimum Gasteiger partial charge on any atom is -0.459 e. The van der Waals surface area contributed by atoms with Gasteiger partial charge in [-0.3, -0.25) is 9.59 Å². The van der Waals surface area contributed by atoms with Crippen LogP contribution >= 0.6 is 11.3 Å². The Bertz CT molecular complexity index is 736. The smallest absolute Gasteiger partial charge is 0.291 e. The number of nitrogens with zero attached hydrogens (tertiary/aromatic N) is 1. The van der Waals surface area contributed by atoms with Crippen molar-refractivity contribution in [3.63, 3.8) is 0 Å². The second kappa shape index (κ2) is 9.71. The number of anilines is 1. The lowest BCUT2D eigenvalue weighted by molar-refractivity contribution is 0.0953. The Kier molecular flexibility index (Phi) is 7.06. The zero-order chi connectivity index (χ0) is 19.1. The lowest BCUT2D eigenvalue weighted by Gasteiger charge is -2.31. The second-order valence-electron chi connectivity index (χ2n) is 6.98. The van der Waals surface area contributed by atoms with Crippen molar-refractivity contribution in [3.8, 4) is 0 Å². The van der Waals surface area contributed by atoms with E-state index in [-0.39, 0.29) is 17.6 Å². The summed E-state index contributed by atoms with van der Waals surface area (Å²) in [7, 11) is 2.19. The van der Waals surface area contributed by atoms with Gasteiger partial charge < -0.3 is 20.0 Å². The summed E-state index contributed by atoms with van der Waals surface area (Å²) in [6.45, 7) is 1.65. The third-order valence-electron chi connectivity index (χ3n) is 4.98. The Morgan fingerprint density at radius 3 is 2.74 bits per heavy atom. The molecule has 0 aromatic carbocycles. The highest BCUT2D eigenvalue weighted by Gasteiger charge is 2.17. The molecular formula is C20H27N3O3S. The highest BCUT2D eigenvalue weighted by Crippen LogP contribution is 2.23. The van der Waals surface area contributed by atoms with Crippen LogP contribution in [0.15, 0.2) is 34.9 Å². The molecule has 0 spiro atoms. The molecule has 1 aliphatic rings. The summed E-state index contributed by atoms with van der Waals surface area (Å²) in [5.74, 6) is -0.171. The predicted molar refractivity (Wildman–Crippen MR) is 107 cm³/mol. The molecule has 2 amide bonds. The molecule has 0 radical (unpaired) electrons. The van der Waals surface area contributed by atoms with Crippen LogP contribution in [0, 0.1) is 0 Å². The first-order chi connectivity index (χ1) is 13.1. The summed E-state index contributed by atoms with van der Waals surface area (Å²) in [5.41, 5.74) is 0. The lowest BCUT2D eigenvalue weighted by Crippen LogP contribution is -2.35. The van der Waals surface area contributed by atoms with Gasteiger partial charge in [0.05, 0.1) is 16.1 Å². The Morgan fingerprint density at radius 1 is 1.19 bits per heavy atom. The normalized spacial score (nSPS) is 15.0. The number of amides is 2. The largest absolute Gasteiger partial charge is 0.459 e. The zero-order valence-electron chi connectivity index (χ0n) is 15.7. The quantitative estimate of drug-likeness (QED) is 0.670. The maximum atomic E-state index is 12.3. The maximum Gasteiger partial charge on any atom is 0.291 e. The summed E-state index contributed by atoms with van der Waals surface area (Å²) in [4.78, 5) is 27.2. The first kappa shape index (κ1) is 19.6. The SMILES string of the molecule is CN(CCCNC(=O)c1ccc(NC(=O)c2ccco2)s1)C1CCCCC1. The number of rotatable bonds is 8. The van der Waals surface area contributed by atoms with E-state index < -0.39 is 0 Å². The van der Waals surface area contributed by atoms with Crippen LogP contribution in [-0.4, -0.2) is 42.9 Å². The number of hydrogen-bond donors (Lipinski definition) is 2. The van der Waals surface area contributed by atoms with Crippen molar-refractivity contribution in [2.75, 3.05) is 25.5 Å². The van der Waals surface area contributed by atoms with Crippen molar-refractivity contribution in [2.24, 2.45) is 0 Å². The molecule has 2 N–H and O–H groups in total. The molecule has 0 atom stereocenters. The van der Waals surface area contributed by atoms with Crippen LogP contribution in [0.1, 0.15) is 58.8 Å². The van der Waals surface area contributed by atoms with E-state index in [1.165, 1.54) is 49.7 Å². The summed E-state index contributed by atoms with van der Waals surface area (Å²) in [5, 5.41) is 6.33. The van der Waals surface area contributed by atoms with Crippen LogP contribution in [-0.2, 0) is 0 Å². The molecular weight excluding hydrogens is 362 g/mol. The number of carbonyl (C=O) groups is 2. The first-order valence-electron chi connectivity index (χ1n) is 9.56. The molecule has 1 saturated carbocycles.